The third-order valence-electron chi connectivity index (χ3n) is 3.47. The normalized spacial score (nSPS) is 10.7. The topological polar surface area (TPSA) is 37.6 Å². The summed E-state index contributed by atoms with van der Waals surface area (Å²) in [6, 6.07) is 2.00. The summed E-state index contributed by atoms with van der Waals surface area (Å²) in [5.74, 6) is -0.0540. The molecule has 2 aromatic heterocycles. The third-order valence-corrected chi connectivity index (χ3v) is 3.90. The fourth-order valence-electron chi connectivity index (χ4n) is 2.49. The largest absolute Gasteiger partial charge is 0.330 e. The molecule has 0 N–H and O–H groups in total. The molecule has 0 aromatic carbocycles. The van der Waals surface area contributed by atoms with E-state index >= 15 is 0 Å². The number of aryl methyl sites for hydroxylation is 2. The van der Waals surface area contributed by atoms with E-state index in [1.165, 1.54) is 0 Å². The molecule has 0 atom stereocenters. The molecule has 2 rings (SSSR count). The minimum absolute atomic E-state index is 0.0540. The van der Waals surface area contributed by atoms with Crippen LogP contribution in [0.3, 0.4) is 0 Å². The standard InChI is InChI=1S/C17H20BrN3O/c1-5-8-20(9-6-2)17(22)15-14(7-3)19-16-12(4)10-13(18)11-21(15)16/h5-6,10-11H,1-2,7-9H2,3-4H3. The van der Waals surface area contributed by atoms with E-state index in [1.54, 1.807) is 17.1 Å². The molecular weight excluding hydrogens is 342 g/mol. The number of rotatable bonds is 6. The first-order valence-corrected chi connectivity index (χ1v) is 8.00. The van der Waals surface area contributed by atoms with Gasteiger partial charge in [-0.2, -0.15) is 0 Å². The molecule has 0 aliphatic heterocycles. The Kier molecular flexibility index (Phi) is 5.19. The number of carbonyl (C=O) groups is 1. The van der Waals surface area contributed by atoms with Gasteiger partial charge in [0.2, 0.25) is 0 Å². The summed E-state index contributed by atoms with van der Waals surface area (Å²) in [5.41, 5.74) is 3.28. The van der Waals surface area contributed by atoms with Crippen LogP contribution in [0, 0.1) is 6.92 Å². The summed E-state index contributed by atoms with van der Waals surface area (Å²) >= 11 is 3.49. The maximum absolute atomic E-state index is 13.0. The zero-order chi connectivity index (χ0) is 16.3. The number of halogens is 1. The second kappa shape index (κ2) is 6.92. The van der Waals surface area contributed by atoms with E-state index in [4.69, 9.17) is 0 Å². The summed E-state index contributed by atoms with van der Waals surface area (Å²) < 4.78 is 2.80. The zero-order valence-corrected chi connectivity index (χ0v) is 14.6. The fourth-order valence-corrected chi connectivity index (χ4v) is 3.04. The van der Waals surface area contributed by atoms with Crippen LogP contribution in [-0.4, -0.2) is 33.3 Å². The maximum Gasteiger partial charge on any atom is 0.273 e. The molecule has 0 unspecified atom stereocenters. The quantitative estimate of drug-likeness (QED) is 0.734. The van der Waals surface area contributed by atoms with Gasteiger partial charge in [-0.05, 0) is 40.9 Å². The van der Waals surface area contributed by atoms with Gasteiger partial charge in [0.05, 0.1) is 5.69 Å². The number of fused-ring (bicyclic) bond motifs is 1. The SMILES string of the molecule is C=CCN(CC=C)C(=O)c1c(CC)nc2c(C)cc(Br)cn12. The molecular formula is C17H20BrN3O. The Balaban J connectivity index is 2.64. The van der Waals surface area contributed by atoms with Gasteiger partial charge in [-0.3, -0.25) is 9.20 Å². The summed E-state index contributed by atoms with van der Waals surface area (Å²) in [4.78, 5) is 19.3. The molecule has 2 aromatic rings. The molecule has 0 aliphatic carbocycles. The van der Waals surface area contributed by atoms with E-state index in [1.807, 2.05) is 30.5 Å². The minimum atomic E-state index is -0.0540. The van der Waals surface area contributed by atoms with Crippen molar-refractivity contribution in [2.45, 2.75) is 20.3 Å². The van der Waals surface area contributed by atoms with Crippen LogP contribution >= 0.6 is 15.9 Å². The van der Waals surface area contributed by atoms with Crippen molar-refractivity contribution in [2.24, 2.45) is 0 Å². The maximum atomic E-state index is 13.0. The van der Waals surface area contributed by atoms with Crippen LogP contribution in [0.15, 0.2) is 42.0 Å². The second-order valence-corrected chi connectivity index (χ2v) is 6.00. The van der Waals surface area contributed by atoms with E-state index in [2.05, 4.69) is 34.1 Å². The molecule has 5 heteroatoms. The Morgan fingerprint density at radius 3 is 2.59 bits per heavy atom. The minimum Gasteiger partial charge on any atom is -0.330 e. The van der Waals surface area contributed by atoms with E-state index in [0.29, 0.717) is 25.2 Å². The first-order valence-electron chi connectivity index (χ1n) is 7.21. The van der Waals surface area contributed by atoms with E-state index in [0.717, 1.165) is 21.4 Å². The highest BCUT2D eigenvalue weighted by molar-refractivity contribution is 9.10. The van der Waals surface area contributed by atoms with Crippen molar-refractivity contribution in [1.82, 2.24) is 14.3 Å². The van der Waals surface area contributed by atoms with Crippen LogP contribution in [0.25, 0.3) is 5.65 Å². The van der Waals surface area contributed by atoms with Gasteiger partial charge in [0.1, 0.15) is 11.3 Å². The predicted molar refractivity (Wildman–Crippen MR) is 93.3 cm³/mol. The van der Waals surface area contributed by atoms with Crippen molar-refractivity contribution in [3.8, 4) is 0 Å². The predicted octanol–water partition coefficient (Wildman–Crippen LogP) is 3.78. The van der Waals surface area contributed by atoms with Gasteiger partial charge < -0.3 is 4.90 Å². The number of pyridine rings is 1. The number of hydrogen-bond acceptors (Lipinski definition) is 2. The fraction of sp³-hybridized carbons (Fsp3) is 0.294. The molecule has 116 valence electrons. The number of imidazole rings is 1. The van der Waals surface area contributed by atoms with Gasteiger partial charge in [0.25, 0.3) is 5.91 Å². The summed E-state index contributed by atoms with van der Waals surface area (Å²) in [7, 11) is 0. The molecule has 0 fully saturated rings. The average Bonchev–Trinajstić information content (AvgIpc) is 2.85. The van der Waals surface area contributed by atoms with E-state index in [9.17, 15) is 4.79 Å². The number of amides is 1. The van der Waals surface area contributed by atoms with Gasteiger partial charge >= 0.3 is 0 Å². The second-order valence-electron chi connectivity index (χ2n) is 5.08. The van der Waals surface area contributed by atoms with Crippen LogP contribution in [0.2, 0.25) is 0 Å². The van der Waals surface area contributed by atoms with Gasteiger partial charge in [-0.25, -0.2) is 4.98 Å². The Morgan fingerprint density at radius 2 is 2.05 bits per heavy atom. The lowest BCUT2D eigenvalue weighted by atomic mass is 10.2. The van der Waals surface area contributed by atoms with Crippen LogP contribution in [-0.2, 0) is 6.42 Å². The van der Waals surface area contributed by atoms with Gasteiger partial charge in [-0.1, -0.05) is 19.1 Å². The number of nitrogens with zero attached hydrogens (tertiary/aromatic N) is 3. The van der Waals surface area contributed by atoms with Crippen molar-refractivity contribution < 1.29 is 4.79 Å². The van der Waals surface area contributed by atoms with Crippen LogP contribution < -0.4 is 0 Å². The molecule has 0 aliphatic rings. The summed E-state index contributed by atoms with van der Waals surface area (Å²) in [6.07, 6.45) is 6.03. The molecule has 0 saturated carbocycles. The highest BCUT2D eigenvalue weighted by Crippen LogP contribution is 2.22. The summed E-state index contributed by atoms with van der Waals surface area (Å²) in [5, 5.41) is 0. The van der Waals surface area contributed by atoms with E-state index < -0.39 is 0 Å². The molecule has 22 heavy (non-hydrogen) atoms. The lowest BCUT2D eigenvalue weighted by molar-refractivity contribution is 0.0783. The molecule has 0 radical (unpaired) electrons. The van der Waals surface area contributed by atoms with Gasteiger partial charge in [0, 0.05) is 23.8 Å². The van der Waals surface area contributed by atoms with Crippen molar-refractivity contribution in [3.05, 3.63) is 59.0 Å². The lowest BCUT2D eigenvalue weighted by Gasteiger charge is -2.19. The molecule has 0 bridgehead atoms. The number of aromatic nitrogens is 2. The van der Waals surface area contributed by atoms with Gasteiger partial charge in [0.15, 0.2) is 0 Å². The van der Waals surface area contributed by atoms with Crippen LogP contribution in [0.1, 0.15) is 28.7 Å². The monoisotopic (exact) mass is 361 g/mol. The Labute approximate surface area is 139 Å². The zero-order valence-electron chi connectivity index (χ0n) is 13.0. The van der Waals surface area contributed by atoms with Crippen LogP contribution in [0.4, 0.5) is 0 Å². The number of carbonyl (C=O) groups excluding carboxylic acids is 1. The Bertz CT molecular complexity index is 723. The molecule has 0 spiro atoms. The molecule has 1 amide bonds. The highest BCUT2D eigenvalue weighted by Gasteiger charge is 2.23. The number of hydrogen-bond donors (Lipinski definition) is 0. The van der Waals surface area contributed by atoms with E-state index in [-0.39, 0.29) is 5.91 Å². The smallest absolute Gasteiger partial charge is 0.273 e. The first kappa shape index (κ1) is 16.5. The van der Waals surface area contributed by atoms with Crippen molar-refractivity contribution >= 4 is 27.5 Å². The Hall–Kier alpha value is -1.88. The average molecular weight is 362 g/mol. The Morgan fingerprint density at radius 1 is 1.41 bits per heavy atom. The highest BCUT2D eigenvalue weighted by atomic mass is 79.9. The molecule has 0 saturated heterocycles. The van der Waals surface area contributed by atoms with Crippen molar-refractivity contribution in [1.29, 1.82) is 0 Å². The van der Waals surface area contributed by atoms with Crippen LogP contribution in [0.5, 0.6) is 0 Å². The van der Waals surface area contributed by atoms with Crippen molar-refractivity contribution in [3.63, 3.8) is 0 Å². The van der Waals surface area contributed by atoms with Crippen molar-refractivity contribution in [2.75, 3.05) is 13.1 Å². The first-order chi connectivity index (χ1) is 10.5. The summed E-state index contributed by atoms with van der Waals surface area (Å²) in [6.45, 7) is 12.4. The lowest BCUT2D eigenvalue weighted by Crippen LogP contribution is -2.32. The molecule has 4 nitrogen and oxygen atoms in total. The molecule has 2 heterocycles. The third kappa shape index (κ3) is 2.99. The van der Waals surface area contributed by atoms with Gasteiger partial charge in [-0.15, -0.1) is 13.2 Å².